The van der Waals surface area contributed by atoms with E-state index < -0.39 is 36.0 Å². The van der Waals surface area contributed by atoms with Gasteiger partial charge in [-0.1, -0.05) is 103 Å². The van der Waals surface area contributed by atoms with Crippen LogP contribution in [-0.4, -0.2) is 55.6 Å². The van der Waals surface area contributed by atoms with Crippen molar-refractivity contribution in [3.05, 3.63) is 4.91 Å². The predicted molar refractivity (Wildman–Crippen MR) is 161 cm³/mol. The van der Waals surface area contributed by atoms with Crippen molar-refractivity contribution in [2.45, 2.75) is 155 Å². The number of nitrogens with zero attached hydrogens (tertiary/aromatic N) is 1. The highest BCUT2D eigenvalue weighted by molar-refractivity contribution is 5.93. The molecular weight excluding hydrogens is 526 g/mol. The summed E-state index contributed by atoms with van der Waals surface area (Å²) in [5.74, 6) is -2.49. The van der Waals surface area contributed by atoms with E-state index >= 15 is 0 Å². The lowest BCUT2D eigenvalue weighted by Crippen LogP contribution is -2.53. The predicted octanol–water partition coefficient (Wildman–Crippen LogP) is 6.28. The maximum atomic E-state index is 13.0. The molecule has 0 aromatic heterocycles. The SMILES string of the molecule is CCCCCCCCCCC(=O)O[C@@H](C(=O)NCCC)[C@@H](OC(=O)CCCCCCCCCN=O)C(=O)NCCC. The van der Waals surface area contributed by atoms with Gasteiger partial charge in [0, 0.05) is 25.9 Å². The number of hydrogen-bond acceptors (Lipinski definition) is 8. The van der Waals surface area contributed by atoms with Gasteiger partial charge in [0.15, 0.2) is 0 Å². The number of nitroso groups, excluding NO2 is 1. The molecule has 0 saturated heterocycles. The molecule has 0 fully saturated rings. The molecule has 0 spiro atoms. The van der Waals surface area contributed by atoms with Crippen molar-refractivity contribution in [2.75, 3.05) is 19.6 Å². The Kier molecular flexibility index (Phi) is 25.9. The first kappa shape index (κ1) is 38.5. The molecule has 2 N–H and O–H groups in total. The highest BCUT2D eigenvalue weighted by Gasteiger charge is 2.39. The molecule has 2 atom stereocenters. The van der Waals surface area contributed by atoms with Gasteiger partial charge in [0.2, 0.25) is 12.2 Å². The number of ether oxygens (including phenoxy) is 2. The average molecular weight is 584 g/mol. The molecule has 41 heavy (non-hydrogen) atoms. The molecule has 0 aromatic rings. The number of carbonyl (C=O) groups is 4. The van der Waals surface area contributed by atoms with Crippen LogP contribution >= 0.6 is 0 Å². The normalized spacial score (nSPS) is 12.3. The molecule has 10 heteroatoms. The van der Waals surface area contributed by atoms with Crippen molar-refractivity contribution >= 4 is 23.8 Å². The minimum Gasteiger partial charge on any atom is -0.448 e. The molecule has 0 aliphatic rings. The number of hydrogen-bond donors (Lipinski definition) is 2. The number of amides is 2. The third-order valence-electron chi connectivity index (χ3n) is 6.77. The third kappa shape index (κ3) is 21.8. The minimum absolute atomic E-state index is 0.0993. The zero-order chi connectivity index (χ0) is 30.6. The lowest BCUT2D eigenvalue weighted by atomic mass is 10.1. The van der Waals surface area contributed by atoms with Gasteiger partial charge in [0.25, 0.3) is 11.8 Å². The van der Waals surface area contributed by atoms with Gasteiger partial charge in [0.1, 0.15) is 0 Å². The van der Waals surface area contributed by atoms with Gasteiger partial charge in [-0.05, 0) is 32.1 Å². The Balaban J connectivity index is 5.02. The first-order valence-corrected chi connectivity index (χ1v) is 16.1. The second-order valence-electron chi connectivity index (χ2n) is 10.7. The molecule has 0 saturated carbocycles. The molecule has 0 heterocycles. The van der Waals surface area contributed by atoms with Gasteiger partial charge in [-0.3, -0.25) is 19.2 Å². The van der Waals surface area contributed by atoms with E-state index in [9.17, 15) is 24.1 Å². The Morgan fingerprint density at radius 3 is 1.27 bits per heavy atom. The molecule has 0 radical (unpaired) electrons. The van der Waals surface area contributed by atoms with Crippen LogP contribution < -0.4 is 10.6 Å². The van der Waals surface area contributed by atoms with Crippen molar-refractivity contribution in [3.8, 4) is 0 Å². The van der Waals surface area contributed by atoms with Crippen molar-refractivity contribution < 1.29 is 28.7 Å². The summed E-state index contributed by atoms with van der Waals surface area (Å²) in [4.78, 5) is 61.5. The first-order valence-electron chi connectivity index (χ1n) is 16.1. The molecule has 2 amide bonds. The molecule has 0 unspecified atom stereocenters. The maximum Gasteiger partial charge on any atom is 0.306 e. The van der Waals surface area contributed by atoms with E-state index in [4.69, 9.17) is 9.47 Å². The van der Waals surface area contributed by atoms with E-state index in [0.717, 1.165) is 57.8 Å². The van der Waals surface area contributed by atoms with E-state index in [0.29, 0.717) is 45.3 Å². The molecular formula is C31H57N3O7. The third-order valence-corrected chi connectivity index (χ3v) is 6.77. The first-order chi connectivity index (χ1) is 19.9. The fourth-order valence-corrected chi connectivity index (χ4v) is 4.34. The summed E-state index contributed by atoms with van der Waals surface area (Å²) in [6.45, 7) is 6.99. The minimum atomic E-state index is -1.56. The Bertz CT molecular complexity index is 718. The van der Waals surface area contributed by atoms with Crippen molar-refractivity contribution in [1.29, 1.82) is 0 Å². The van der Waals surface area contributed by atoms with Crippen LogP contribution in [0.25, 0.3) is 0 Å². The summed E-state index contributed by atoms with van der Waals surface area (Å²) in [6, 6.07) is 0. The summed E-state index contributed by atoms with van der Waals surface area (Å²) in [5.41, 5.74) is 0. The summed E-state index contributed by atoms with van der Waals surface area (Å²) < 4.78 is 11.0. The van der Waals surface area contributed by atoms with Crippen LogP contribution in [0.2, 0.25) is 0 Å². The number of rotatable bonds is 28. The Morgan fingerprint density at radius 2 is 0.902 bits per heavy atom. The second-order valence-corrected chi connectivity index (χ2v) is 10.7. The van der Waals surface area contributed by atoms with Crippen LogP contribution in [0.4, 0.5) is 0 Å². The smallest absolute Gasteiger partial charge is 0.306 e. The van der Waals surface area contributed by atoms with Crippen LogP contribution in [0.5, 0.6) is 0 Å². The van der Waals surface area contributed by atoms with Gasteiger partial charge >= 0.3 is 11.9 Å². The second kappa shape index (κ2) is 27.6. The lowest BCUT2D eigenvalue weighted by molar-refractivity contribution is -0.176. The zero-order valence-corrected chi connectivity index (χ0v) is 26.0. The van der Waals surface area contributed by atoms with Crippen molar-refractivity contribution in [3.63, 3.8) is 0 Å². The molecule has 0 aliphatic heterocycles. The molecule has 0 aliphatic carbocycles. The highest BCUT2D eigenvalue weighted by atomic mass is 16.6. The molecule has 238 valence electrons. The lowest BCUT2D eigenvalue weighted by Gasteiger charge is -2.25. The monoisotopic (exact) mass is 583 g/mol. The van der Waals surface area contributed by atoms with Gasteiger partial charge in [-0.15, -0.1) is 0 Å². The Morgan fingerprint density at radius 1 is 0.537 bits per heavy atom. The van der Waals surface area contributed by atoms with Crippen LogP contribution in [0, 0.1) is 4.91 Å². The maximum absolute atomic E-state index is 13.0. The summed E-state index contributed by atoms with van der Waals surface area (Å²) in [5, 5.41) is 8.21. The molecule has 10 nitrogen and oxygen atoms in total. The summed E-state index contributed by atoms with van der Waals surface area (Å²) in [7, 11) is 0. The molecule has 0 bridgehead atoms. The van der Waals surface area contributed by atoms with E-state index in [1.165, 1.54) is 25.7 Å². The Hall–Kier alpha value is -2.52. The number of esters is 2. The van der Waals surface area contributed by atoms with Crippen LogP contribution in [0.1, 0.15) is 143 Å². The van der Waals surface area contributed by atoms with E-state index in [1.54, 1.807) is 0 Å². The fraction of sp³-hybridized carbons (Fsp3) is 0.871. The van der Waals surface area contributed by atoms with E-state index in [1.807, 2.05) is 13.8 Å². The number of unbranched alkanes of at least 4 members (excludes halogenated alkanes) is 13. The number of nitrogens with one attached hydrogen (secondary N) is 2. The summed E-state index contributed by atoms with van der Waals surface area (Å²) >= 11 is 0. The van der Waals surface area contributed by atoms with Gasteiger partial charge < -0.3 is 20.1 Å². The average Bonchev–Trinajstić information content (AvgIpc) is 2.96. The standard InChI is InChI=1S/C31H57N3O7/c1-4-7-8-9-10-12-15-18-21-26(35)40-28(30(37)32-23-5-2)29(31(38)33-24-6-3)41-27(36)22-19-16-13-11-14-17-20-25-34-39/h28-29H,4-25H2,1-3H3,(H,32,37)(H,33,38)/t28-,29-/m1/s1. The van der Waals surface area contributed by atoms with Crippen molar-refractivity contribution in [1.82, 2.24) is 10.6 Å². The zero-order valence-electron chi connectivity index (χ0n) is 26.0. The van der Waals surface area contributed by atoms with Crippen LogP contribution in [0.15, 0.2) is 5.18 Å². The fourth-order valence-electron chi connectivity index (χ4n) is 4.34. The van der Waals surface area contributed by atoms with Crippen LogP contribution in [-0.2, 0) is 28.7 Å². The van der Waals surface area contributed by atoms with Gasteiger partial charge in [-0.25, -0.2) is 0 Å². The Labute approximate surface area is 247 Å². The quantitative estimate of drug-likeness (QED) is 0.0627. The van der Waals surface area contributed by atoms with Crippen molar-refractivity contribution in [2.24, 2.45) is 5.18 Å². The van der Waals surface area contributed by atoms with Gasteiger partial charge in [0.05, 0.1) is 6.54 Å². The van der Waals surface area contributed by atoms with E-state index in [-0.39, 0.29) is 12.8 Å². The molecule has 0 rings (SSSR count). The van der Waals surface area contributed by atoms with E-state index in [2.05, 4.69) is 22.7 Å². The van der Waals surface area contributed by atoms with Gasteiger partial charge in [-0.2, -0.15) is 4.91 Å². The largest absolute Gasteiger partial charge is 0.448 e. The van der Waals surface area contributed by atoms with Crippen LogP contribution in [0.3, 0.4) is 0 Å². The topological polar surface area (TPSA) is 140 Å². The molecule has 0 aromatic carbocycles. The highest BCUT2D eigenvalue weighted by Crippen LogP contribution is 2.15. The number of carbonyl (C=O) groups excluding carboxylic acids is 4. The summed E-state index contributed by atoms with van der Waals surface area (Å²) in [6.07, 6.45) is 13.1.